The van der Waals surface area contributed by atoms with Crippen LogP contribution in [0, 0.1) is 11.7 Å². The van der Waals surface area contributed by atoms with Gasteiger partial charge in [-0.2, -0.15) is 13.2 Å². The van der Waals surface area contributed by atoms with Gasteiger partial charge in [0.2, 0.25) is 16.0 Å². The number of imidazole rings is 1. The monoisotopic (exact) mass is 546 g/mol. The van der Waals surface area contributed by atoms with E-state index in [9.17, 15) is 26.0 Å². The molecule has 0 atom stereocenters. The predicted octanol–water partition coefficient (Wildman–Crippen LogP) is 5.44. The van der Waals surface area contributed by atoms with Crippen molar-refractivity contribution in [2.24, 2.45) is 5.92 Å². The lowest BCUT2D eigenvalue weighted by Gasteiger charge is -2.33. The zero-order chi connectivity index (χ0) is 26.9. The van der Waals surface area contributed by atoms with Gasteiger partial charge in [-0.3, -0.25) is 0 Å². The molecule has 1 fully saturated rings. The molecule has 0 bridgehead atoms. The molecule has 1 saturated heterocycles. The molecule has 1 aliphatic rings. The number of hydrogen-bond acceptors (Lipinski definition) is 4. The Balaban J connectivity index is 1.26. The average molecular weight is 547 g/mol. The number of nitrogens with zero attached hydrogens (tertiary/aromatic N) is 3. The van der Waals surface area contributed by atoms with Crippen molar-refractivity contribution in [3.8, 4) is 0 Å². The zero-order valence-electron chi connectivity index (χ0n) is 20.3. The minimum Gasteiger partial charge on any atom is -0.342 e. The first kappa shape index (κ1) is 26.2. The maximum absolute atomic E-state index is 13.4. The molecule has 0 saturated carbocycles. The van der Waals surface area contributed by atoms with Gasteiger partial charge in [-0.1, -0.05) is 30.3 Å². The Hall–Kier alpha value is -3.44. The third-order valence-corrected chi connectivity index (χ3v) is 8.24. The SMILES string of the molecule is O=S(=O)(NCC1CCN(c2nc3ccccc3n2Cc2ccc(F)cc2)CC1)c1cccc(C(F)(F)F)c1. The normalized spacial score (nSPS) is 15.3. The molecule has 11 heteroatoms. The van der Waals surface area contributed by atoms with Gasteiger partial charge >= 0.3 is 6.18 Å². The number of rotatable bonds is 7. The van der Waals surface area contributed by atoms with E-state index in [4.69, 9.17) is 4.98 Å². The highest BCUT2D eigenvalue weighted by Crippen LogP contribution is 2.31. The number of alkyl halides is 3. The number of piperidine rings is 1. The van der Waals surface area contributed by atoms with Crippen LogP contribution in [0.25, 0.3) is 11.0 Å². The molecule has 3 aromatic carbocycles. The first-order valence-electron chi connectivity index (χ1n) is 12.2. The third kappa shape index (κ3) is 5.68. The maximum Gasteiger partial charge on any atom is 0.416 e. The Labute approximate surface area is 218 Å². The molecule has 5 rings (SSSR count). The smallest absolute Gasteiger partial charge is 0.342 e. The van der Waals surface area contributed by atoms with E-state index >= 15 is 0 Å². The molecule has 1 N–H and O–H groups in total. The molecule has 4 aromatic rings. The van der Waals surface area contributed by atoms with Crippen LogP contribution in [0.5, 0.6) is 0 Å². The van der Waals surface area contributed by atoms with Gasteiger partial charge in [-0.15, -0.1) is 0 Å². The number of anilines is 1. The van der Waals surface area contributed by atoms with E-state index in [1.165, 1.54) is 12.1 Å². The molecule has 0 spiro atoms. The van der Waals surface area contributed by atoms with E-state index in [1.807, 2.05) is 24.3 Å². The fourth-order valence-electron chi connectivity index (χ4n) is 4.72. The Bertz CT molecular complexity index is 1530. The van der Waals surface area contributed by atoms with Crippen LogP contribution in [0.2, 0.25) is 0 Å². The summed E-state index contributed by atoms with van der Waals surface area (Å²) in [5, 5.41) is 0. The van der Waals surface area contributed by atoms with Crippen molar-refractivity contribution in [3.63, 3.8) is 0 Å². The van der Waals surface area contributed by atoms with Gasteiger partial charge < -0.3 is 9.47 Å². The molecular formula is C27H26F4N4O2S. The molecule has 0 aliphatic carbocycles. The van der Waals surface area contributed by atoms with E-state index < -0.39 is 26.7 Å². The number of fused-ring (bicyclic) bond motifs is 1. The van der Waals surface area contributed by atoms with Gasteiger partial charge in [0, 0.05) is 19.6 Å². The van der Waals surface area contributed by atoms with Crippen molar-refractivity contribution < 1.29 is 26.0 Å². The molecule has 0 amide bonds. The summed E-state index contributed by atoms with van der Waals surface area (Å²) in [5.41, 5.74) is 1.75. The minimum absolute atomic E-state index is 0.0294. The lowest BCUT2D eigenvalue weighted by Crippen LogP contribution is -2.39. The van der Waals surface area contributed by atoms with E-state index in [2.05, 4.69) is 14.2 Å². The maximum atomic E-state index is 13.4. The van der Waals surface area contributed by atoms with Gasteiger partial charge in [-0.25, -0.2) is 22.5 Å². The van der Waals surface area contributed by atoms with E-state index in [1.54, 1.807) is 12.1 Å². The molecule has 1 aromatic heterocycles. The summed E-state index contributed by atoms with van der Waals surface area (Å²) in [6.07, 6.45) is -3.25. The Morgan fingerprint density at radius 1 is 0.947 bits per heavy atom. The molecule has 6 nitrogen and oxygen atoms in total. The summed E-state index contributed by atoms with van der Waals surface area (Å²) in [5.74, 6) is 0.524. The highest BCUT2D eigenvalue weighted by Gasteiger charge is 2.32. The topological polar surface area (TPSA) is 67.2 Å². The van der Waals surface area contributed by atoms with Crippen LogP contribution in [-0.4, -0.2) is 37.6 Å². The number of halogens is 4. The van der Waals surface area contributed by atoms with Crippen LogP contribution in [0.1, 0.15) is 24.0 Å². The number of nitrogens with one attached hydrogen (secondary N) is 1. The van der Waals surface area contributed by atoms with Crippen LogP contribution in [0.4, 0.5) is 23.5 Å². The Kier molecular flexibility index (Phi) is 7.15. The zero-order valence-corrected chi connectivity index (χ0v) is 21.1. The summed E-state index contributed by atoms with van der Waals surface area (Å²) in [6, 6.07) is 17.9. The summed E-state index contributed by atoms with van der Waals surface area (Å²) < 4.78 is 82.3. The van der Waals surface area contributed by atoms with Crippen LogP contribution < -0.4 is 9.62 Å². The van der Waals surface area contributed by atoms with Gasteiger partial charge in [0.05, 0.1) is 28.0 Å². The highest BCUT2D eigenvalue weighted by atomic mass is 32.2. The average Bonchev–Trinajstić information content (AvgIpc) is 3.27. The second-order valence-electron chi connectivity index (χ2n) is 9.42. The minimum atomic E-state index is -4.62. The summed E-state index contributed by atoms with van der Waals surface area (Å²) >= 11 is 0. The molecule has 2 heterocycles. The van der Waals surface area contributed by atoms with Crippen molar-refractivity contribution in [1.82, 2.24) is 14.3 Å². The lowest BCUT2D eigenvalue weighted by molar-refractivity contribution is -0.137. The number of benzene rings is 3. The largest absolute Gasteiger partial charge is 0.416 e. The molecule has 0 unspecified atom stereocenters. The van der Waals surface area contributed by atoms with Gasteiger partial charge in [0.1, 0.15) is 5.82 Å². The van der Waals surface area contributed by atoms with Crippen molar-refractivity contribution in [3.05, 3.63) is 89.7 Å². The number of hydrogen-bond donors (Lipinski definition) is 1. The molecule has 0 radical (unpaired) electrons. The predicted molar refractivity (Wildman–Crippen MR) is 137 cm³/mol. The molecule has 38 heavy (non-hydrogen) atoms. The van der Waals surface area contributed by atoms with Crippen LogP contribution in [-0.2, 0) is 22.7 Å². The fourth-order valence-corrected chi connectivity index (χ4v) is 5.88. The molecular weight excluding hydrogens is 520 g/mol. The summed E-state index contributed by atoms with van der Waals surface area (Å²) in [6.45, 7) is 1.94. The van der Waals surface area contributed by atoms with E-state index in [0.717, 1.165) is 40.7 Å². The van der Waals surface area contributed by atoms with E-state index in [-0.39, 0.29) is 18.3 Å². The summed E-state index contributed by atoms with van der Waals surface area (Å²) in [4.78, 5) is 6.59. The number of para-hydroxylation sites is 2. The van der Waals surface area contributed by atoms with Crippen LogP contribution in [0.3, 0.4) is 0 Å². The van der Waals surface area contributed by atoms with Gasteiger partial charge in [0.15, 0.2) is 0 Å². The van der Waals surface area contributed by atoms with Crippen molar-refractivity contribution in [2.75, 3.05) is 24.5 Å². The molecule has 1 aliphatic heterocycles. The highest BCUT2D eigenvalue weighted by molar-refractivity contribution is 7.89. The number of sulfonamides is 1. The second-order valence-corrected chi connectivity index (χ2v) is 11.2. The second kappa shape index (κ2) is 10.4. The fraction of sp³-hybridized carbons (Fsp3) is 0.296. The van der Waals surface area contributed by atoms with E-state index in [0.29, 0.717) is 38.5 Å². The molecule has 200 valence electrons. The van der Waals surface area contributed by atoms with Crippen LogP contribution in [0.15, 0.2) is 77.7 Å². The number of aromatic nitrogens is 2. The Morgan fingerprint density at radius 2 is 1.66 bits per heavy atom. The van der Waals surface area contributed by atoms with Crippen molar-refractivity contribution >= 4 is 27.0 Å². The third-order valence-electron chi connectivity index (χ3n) is 6.82. The standard InChI is InChI=1S/C27H26F4N4O2S/c28-22-10-8-20(9-11-22)18-35-25-7-2-1-6-24(25)33-26(35)34-14-12-19(13-15-34)17-32-38(36,37)23-5-3-4-21(16-23)27(29,30)31/h1-11,16,19,32H,12-15,17-18H2. The van der Waals surface area contributed by atoms with Gasteiger partial charge in [0.25, 0.3) is 0 Å². The summed E-state index contributed by atoms with van der Waals surface area (Å²) in [7, 11) is -4.08. The van der Waals surface area contributed by atoms with Gasteiger partial charge in [-0.05, 0) is 66.8 Å². The first-order valence-corrected chi connectivity index (χ1v) is 13.7. The quantitative estimate of drug-likeness (QED) is 0.314. The van der Waals surface area contributed by atoms with Crippen molar-refractivity contribution in [1.29, 1.82) is 0 Å². The van der Waals surface area contributed by atoms with Crippen LogP contribution >= 0.6 is 0 Å². The van der Waals surface area contributed by atoms with Crippen molar-refractivity contribution in [2.45, 2.75) is 30.5 Å². The Morgan fingerprint density at radius 3 is 2.37 bits per heavy atom. The first-order chi connectivity index (χ1) is 18.1. The lowest BCUT2D eigenvalue weighted by atomic mass is 9.97.